The molecule has 0 aliphatic carbocycles. The van der Waals surface area contributed by atoms with Crippen molar-refractivity contribution in [1.82, 2.24) is 0 Å². The standard InChI is InChI=1S/C30H60NO6P/c1-4-5-6-7-8-9-10-11-12-13-14-15-16-17-18-19-26-34-28-30(23-20-27-35-30)37-38(32,33)36-29-21-24-31(2,3)25-22-29/h29H,4-28H2,1-3H3/p+1. The molecule has 0 radical (unpaired) electrons. The van der Waals surface area contributed by atoms with E-state index in [2.05, 4.69) is 21.0 Å². The van der Waals surface area contributed by atoms with E-state index in [4.69, 9.17) is 18.5 Å². The normalized spacial score (nSPS) is 23.6. The SMILES string of the molecule is CCCCCCCCCCCCCCCCCCOCC1(OP(=O)(O)OC2CC[N+](C)(C)CC2)CCCO1. The molecule has 7 nitrogen and oxygen atoms in total. The molecular formula is C30H61NO6P+. The van der Waals surface area contributed by atoms with Crippen molar-refractivity contribution in [2.45, 2.75) is 147 Å². The first-order chi connectivity index (χ1) is 18.3. The molecular weight excluding hydrogens is 501 g/mol. The van der Waals surface area contributed by atoms with Gasteiger partial charge < -0.3 is 18.9 Å². The second kappa shape index (κ2) is 19.2. The lowest BCUT2D eigenvalue weighted by molar-refractivity contribution is -0.896. The number of phosphoric acid groups is 1. The van der Waals surface area contributed by atoms with Crippen LogP contribution in [-0.4, -0.2) is 68.3 Å². The third-order valence-corrected chi connectivity index (χ3v) is 9.34. The van der Waals surface area contributed by atoms with Gasteiger partial charge in [0.25, 0.3) is 0 Å². The van der Waals surface area contributed by atoms with Gasteiger partial charge in [-0.05, 0) is 12.8 Å². The number of quaternary nitrogens is 1. The Bertz CT molecular complexity index is 630. The molecule has 2 aliphatic heterocycles. The molecule has 0 aromatic rings. The van der Waals surface area contributed by atoms with E-state index in [1.807, 2.05) is 0 Å². The average Bonchev–Trinajstić information content (AvgIpc) is 3.32. The van der Waals surface area contributed by atoms with Crippen molar-refractivity contribution < 1.29 is 32.5 Å². The van der Waals surface area contributed by atoms with Gasteiger partial charge in [0, 0.05) is 25.9 Å². The van der Waals surface area contributed by atoms with E-state index < -0.39 is 13.6 Å². The molecule has 2 fully saturated rings. The molecule has 0 aromatic carbocycles. The molecule has 2 unspecified atom stereocenters. The molecule has 2 rings (SSSR count). The van der Waals surface area contributed by atoms with Gasteiger partial charge >= 0.3 is 7.82 Å². The number of nitrogens with zero attached hydrogens (tertiary/aromatic N) is 1. The number of likely N-dealkylation sites (tertiary alicyclic amines) is 1. The van der Waals surface area contributed by atoms with Crippen LogP contribution in [0.2, 0.25) is 0 Å². The van der Waals surface area contributed by atoms with Gasteiger partial charge in [0.15, 0.2) is 0 Å². The zero-order valence-electron chi connectivity index (χ0n) is 25.1. The fourth-order valence-corrected chi connectivity index (χ4v) is 6.88. The molecule has 2 atom stereocenters. The van der Waals surface area contributed by atoms with Crippen molar-refractivity contribution in [2.75, 3.05) is 47.0 Å². The maximum atomic E-state index is 12.8. The second-order valence-corrected chi connectivity index (χ2v) is 13.8. The predicted octanol–water partition coefficient (Wildman–Crippen LogP) is 8.14. The maximum Gasteiger partial charge on any atom is 0.475 e. The Labute approximate surface area is 234 Å². The van der Waals surface area contributed by atoms with Crippen molar-refractivity contribution in [3.8, 4) is 0 Å². The molecule has 0 amide bonds. The number of ether oxygens (including phenoxy) is 2. The van der Waals surface area contributed by atoms with E-state index in [9.17, 15) is 9.46 Å². The van der Waals surface area contributed by atoms with Crippen LogP contribution in [0.5, 0.6) is 0 Å². The van der Waals surface area contributed by atoms with Gasteiger partial charge in [-0.15, -0.1) is 0 Å². The molecule has 38 heavy (non-hydrogen) atoms. The van der Waals surface area contributed by atoms with Crippen LogP contribution in [0, 0.1) is 0 Å². The van der Waals surface area contributed by atoms with E-state index in [1.165, 1.54) is 89.9 Å². The molecule has 0 spiro atoms. The summed E-state index contributed by atoms with van der Waals surface area (Å²) in [6, 6.07) is 0. The number of unbranched alkanes of at least 4 members (excludes halogenated alkanes) is 15. The zero-order chi connectivity index (χ0) is 27.6. The summed E-state index contributed by atoms with van der Waals surface area (Å²) >= 11 is 0. The largest absolute Gasteiger partial charge is 0.475 e. The van der Waals surface area contributed by atoms with Crippen molar-refractivity contribution in [2.24, 2.45) is 0 Å². The van der Waals surface area contributed by atoms with E-state index in [-0.39, 0.29) is 12.7 Å². The van der Waals surface area contributed by atoms with Gasteiger partial charge in [0.1, 0.15) is 6.61 Å². The summed E-state index contributed by atoms with van der Waals surface area (Å²) in [6.07, 6.45) is 24.1. The van der Waals surface area contributed by atoms with Gasteiger partial charge in [-0.1, -0.05) is 103 Å². The van der Waals surface area contributed by atoms with Gasteiger partial charge in [-0.2, -0.15) is 0 Å². The summed E-state index contributed by atoms with van der Waals surface area (Å²) < 4.78 is 36.5. The molecule has 2 saturated heterocycles. The zero-order valence-corrected chi connectivity index (χ0v) is 26.0. The highest BCUT2D eigenvalue weighted by Crippen LogP contribution is 2.52. The molecule has 8 heteroatoms. The van der Waals surface area contributed by atoms with E-state index in [0.29, 0.717) is 19.6 Å². The summed E-state index contributed by atoms with van der Waals surface area (Å²) in [4.78, 5) is 10.4. The van der Waals surface area contributed by atoms with Crippen LogP contribution in [0.15, 0.2) is 0 Å². The van der Waals surface area contributed by atoms with Crippen molar-refractivity contribution in [1.29, 1.82) is 0 Å². The highest BCUT2D eigenvalue weighted by atomic mass is 31.2. The molecule has 1 N–H and O–H groups in total. The van der Waals surface area contributed by atoms with Gasteiger partial charge in [-0.3, -0.25) is 9.05 Å². The Hall–Kier alpha value is -0.0100. The number of rotatable bonds is 23. The minimum absolute atomic E-state index is 0.175. The summed E-state index contributed by atoms with van der Waals surface area (Å²) in [6.45, 7) is 5.44. The van der Waals surface area contributed by atoms with Gasteiger partial charge in [0.05, 0.1) is 39.9 Å². The second-order valence-electron chi connectivity index (χ2n) is 12.5. The number of phosphoric ester groups is 1. The van der Waals surface area contributed by atoms with Crippen LogP contribution in [0.4, 0.5) is 0 Å². The van der Waals surface area contributed by atoms with Crippen molar-refractivity contribution in [3.63, 3.8) is 0 Å². The van der Waals surface area contributed by atoms with Crippen molar-refractivity contribution in [3.05, 3.63) is 0 Å². The number of piperidine rings is 1. The first-order valence-corrected chi connectivity index (χ1v) is 17.5. The van der Waals surface area contributed by atoms with Crippen LogP contribution in [0.3, 0.4) is 0 Å². The fourth-order valence-electron chi connectivity index (χ4n) is 5.63. The van der Waals surface area contributed by atoms with Crippen LogP contribution in [0.25, 0.3) is 0 Å². The minimum Gasteiger partial charge on any atom is -0.376 e. The lowest BCUT2D eigenvalue weighted by atomic mass is 10.0. The van der Waals surface area contributed by atoms with Gasteiger partial charge in [-0.25, -0.2) is 4.57 Å². The quantitative estimate of drug-likeness (QED) is 0.0770. The topological polar surface area (TPSA) is 74.2 Å². The fraction of sp³-hybridized carbons (Fsp3) is 1.00. The van der Waals surface area contributed by atoms with Gasteiger partial charge in [0.2, 0.25) is 5.79 Å². The highest BCUT2D eigenvalue weighted by molar-refractivity contribution is 7.47. The lowest BCUT2D eigenvalue weighted by Gasteiger charge is -2.38. The molecule has 0 aromatic heterocycles. The molecule has 0 bridgehead atoms. The average molecular weight is 563 g/mol. The first kappa shape index (κ1) is 34.2. The Morgan fingerprint density at radius 2 is 1.34 bits per heavy atom. The maximum absolute atomic E-state index is 12.8. The minimum atomic E-state index is -4.22. The summed E-state index contributed by atoms with van der Waals surface area (Å²) in [7, 11) is 0.117. The molecule has 0 saturated carbocycles. The molecule has 2 aliphatic rings. The summed E-state index contributed by atoms with van der Waals surface area (Å²) in [5.74, 6) is -1.16. The van der Waals surface area contributed by atoms with Crippen LogP contribution in [0.1, 0.15) is 135 Å². The third-order valence-electron chi connectivity index (χ3n) is 8.21. The Kier molecular flexibility index (Phi) is 17.3. The van der Waals surface area contributed by atoms with Crippen molar-refractivity contribution >= 4 is 7.82 Å². The molecule has 226 valence electrons. The van der Waals surface area contributed by atoms with E-state index in [0.717, 1.165) is 49.7 Å². The summed E-state index contributed by atoms with van der Waals surface area (Å²) in [5.41, 5.74) is 0. The van der Waals surface area contributed by atoms with E-state index >= 15 is 0 Å². The van der Waals surface area contributed by atoms with E-state index in [1.54, 1.807) is 0 Å². The van der Waals surface area contributed by atoms with Crippen LogP contribution < -0.4 is 0 Å². The lowest BCUT2D eigenvalue weighted by Crippen LogP contribution is -2.48. The first-order valence-electron chi connectivity index (χ1n) is 16.0. The third kappa shape index (κ3) is 15.7. The Morgan fingerprint density at radius 1 is 0.842 bits per heavy atom. The molecule has 2 heterocycles. The number of hydrogen-bond donors (Lipinski definition) is 1. The smallest absolute Gasteiger partial charge is 0.376 e. The predicted molar refractivity (Wildman–Crippen MR) is 155 cm³/mol. The highest BCUT2D eigenvalue weighted by Gasteiger charge is 2.45. The monoisotopic (exact) mass is 562 g/mol. The van der Waals surface area contributed by atoms with Crippen LogP contribution in [-0.2, 0) is 23.1 Å². The Balaban J connectivity index is 1.45. The number of hydrogen-bond acceptors (Lipinski definition) is 5. The summed E-state index contributed by atoms with van der Waals surface area (Å²) in [5, 5.41) is 0. The van der Waals surface area contributed by atoms with Crippen LogP contribution >= 0.6 is 7.82 Å². The Morgan fingerprint density at radius 3 is 1.82 bits per heavy atom.